The number of ketones is 2. The molecule has 0 saturated carbocycles. The maximum Gasteiger partial charge on any atom is 1.00 e. The van der Waals surface area contributed by atoms with Gasteiger partial charge in [-0.15, -0.1) is 0 Å². The molecule has 0 aromatic heterocycles. The summed E-state index contributed by atoms with van der Waals surface area (Å²) in [6.45, 7) is 9.48. The molecule has 5 saturated heterocycles. The van der Waals surface area contributed by atoms with Crippen LogP contribution in [0.2, 0.25) is 0 Å². The van der Waals surface area contributed by atoms with E-state index in [2.05, 4.69) is 36.8 Å². The minimum atomic E-state index is -0.702. The molecule has 5 rings (SSSR count). The summed E-state index contributed by atoms with van der Waals surface area (Å²) < 4.78 is 14.7. The van der Waals surface area contributed by atoms with Crippen molar-refractivity contribution in [3.05, 3.63) is 0 Å². The van der Waals surface area contributed by atoms with Crippen molar-refractivity contribution in [3.63, 3.8) is 0 Å². The number of aliphatic hydroxyl groups is 1. The van der Waals surface area contributed by atoms with Gasteiger partial charge in [0.25, 0.3) is 0 Å². The van der Waals surface area contributed by atoms with Crippen LogP contribution in [-0.4, -0.2) is 143 Å². The third-order valence-corrected chi connectivity index (χ3v) is 7.96. The van der Waals surface area contributed by atoms with Gasteiger partial charge in [0.2, 0.25) is 0 Å². The molecular weight excluding hydrogens is 621 g/mol. The largest absolute Gasteiger partial charge is 1.00 e. The number of carboxylic acids is 1. The average molecular weight is 659 g/mol. The number of nitrogens with two attached hydrogens (primary N) is 1. The van der Waals surface area contributed by atoms with Gasteiger partial charge < -0.3 is 35.6 Å². The fraction of sp³-hybridized carbons (Fsp3) is 0.857. The third-order valence-electron chi connectivity index (χ3n) is 5.47. The van der Waals surface area contributed by atoms with Crippen LogP contribution in [0.25, 0.3) is 0 Å². The summed E-state index contributed by atoms with van der Waals surface area (Å²) in [7, 11) is 1.00. The molecule has 206 valence electrons. The van der Waals surface area contributed by atoms with Crippen molar-refractivity contribution in [2.75, 3.05) is 65.2 Å². The summed E-state index contributed by atoms with van der Waals surface area (Å²) in [5.41, 5.74) is 5.25. The first-order valence-corrected chi connectivity index (χ1v) is 13.1. The second-order valence-electron chi connectivity index (χ2n) is 8.29. The number of Topliss-reactive ketones (excluding diaryl/α,β-unsaturated/α-hetero) is 2. The van der Waals surface area contributed by atoms with Crippen LogP contribution in [0.5, 0.6) is 0 Å². The topological polar surface area (TPSA) is 181 Å². The van der Waals surface area contributed by atoms with Gasteiger partial charge in [0.05, 0.1) is 68.6 Å². The van der Waals surface area contributed by atoms with Crippen molar-refractivity contribution in [1.82, 2.24) is 9.80 Å². The van der Waals surface area contributed by atoms with Crippen molar-refractivity contribution in [2.45, 2.75) is 48.9 Å². The van der Waals surface area contributed by atoms with E-state index >= 15 is 0 Å². The van der Waals surface area contributed by atoms with E-state index in [9.17, 15) is 14.4 Å². The Labute approximate surface area is 251 Å². The maximum atomic E-state index is 10.8. The normalized spacial score (nSPS) is 28.0. The Balaban J connectivity index is 0. The molecular formula is C21H38Br2N3NaO9. The molecule has 5 unspecified atom stereocenters. The zero-order chi connectivity index (χ0) is 25.8. The first-order valence-electron chi connectivity index (χ1n) is 11.0. The summed E-state index contributed by atoms with van der Waals surface area (Å²) in [6, 6.07) is 1.30. The van der Waals surface area contributed by atoms with Gasteiger partial charge >= 0.3 is 35.5 Å². The summed E-state index contributed by atoms with van der Waals surface area (Å²) in [5.74, 6) is -0.240. The molecule has 5 aliphatic rings. The summed E-state index contributed by atoms with van der Waals surface area (Å²) in [5, 5.41) is 16.2. The first-order chi connectivity index (χ1) is 16.1. The molecule has 0 spiro atoms. The Morgan fingerprint density at radius 1 is 0.917 bits per heavy atom. The number of halogens is 2. The molecule has 0 aliphatic carbocycles. The van der Waals surface area contributed by atoms with Gasteiger partial charge in [0.15, 0.2) is 0 Å². The molecule has 5 atom stereocenters. The number of nitrogens with zero attached hydrogens (tertiary/aromatic N) is 2. The second-order valence-corrected chi connectivity index (χ2v) is 10.0. The maximum absolute atomic E-state index is 10.8. The number of carboxylic acid groups (broad SMARTS) is 1. The zero-order valence-corrected chi connectivity index (χ0v) is 26.5. The van der Waals surface area contributed by atoms with Gasteiger partial charge in [-0.05, 0) is 13.8 Å². The van der Waals surface area contributed by atoms with E-state index in [4.69, 9.17) is 30.2 Å². The van der Waals surface area contributed by atoms with E-state index in [0.717, 1.165) is 40.1 Å². The van der Waals surface area contributed by atoms with E-state index in [-0.39, 0.29) is 57.7 Å². The summed E-state index contributed by atoms with van der Waals surface area (Å²) in [4.78, 5) is 35.6. The molecule has 5 heterocycles. The van der Waals surface area contributed by atoms with E-state index < -0.39 is 5.97 Å². The van der Waals surface area contributed by atoms with E-state index in [1.54, 1.807) is 13.8 Å². The number of rotatable bonds is 6. The number of hydrogen-bond donors (Lipinski definition) is 3. The van der Waals surface area contributed by atoms with Crippen LogP contribution in [0.15, 0.2) is 0 Å². The van der Waals surface area contributed by atoms with Crippen LogP contribution >= 0.6 is 31.9 Å². The van der Waals surface area contributed by atoms with Gasteiger partial charge in [-0.25, -0.2) is 0 Å². The predicted molar refractivity (Wildman–Crippen MR) is 135 cm³/mol. The quantitative estimate of drug-likeness (QED) is 0.145. The van der Waals surface area contributed by atoms with E-state index in [0.29, 0.717) is 49.0 Å². The average Bonchev–Trinajstić information content (AvgIpc) is 3.62. The zero-order valence-electron chi connectivity index (χ0n) is 21.3. The molecule has 0 aromatic carbocycles. The molecule has 36 heavy (non-hydrogen) atoms. The molecule has 5 N–H and O–H groups in total. The Morgan fingerprint density at radius 3 is 1.42 bits per heavy atom. The van der Waals surface area contributed by atoms with E-state index in [1.807, 2.05) is 4.90 Å². The van der Waals surface area contributed by atoms with Crippen LogP contribution in [0.4, 0.5) is 0 Å². The van der Waals surface area contributed by atoms with Crippen LogP contribution in [-0.2, 0) is 28.6 Å². The fourth-order valence-corrected chi connectivity index (χ4v) is 3.34. The minimum Gasteiger partial charge on any atom is -0.870 e. The monoisotopic (exact) mass is 657 g/mol. The Bertz CT molecular complexity index is 618. The van der Waals surface area contributed by atoms with Crippen LogP contribution in [0, 0.1) is 0 Å². The molecule has 0 bridgehead atoms. The third kappa shape index (κ3) is 14.0. The van der Waals surface area contributed by atoms with Crippen molar-refractivity contribution >= 4 is 49.4 Å². The Kier molecular flexibility index (Phi) is 21.8. The first kappa shape index (κ1) is 38.6. The van der Waals surface area contributed by atoms with Crippen molar-refractivity contribution in [2.24, 2.45) is 5.73 Å². The fourth-order valence-electron chi connectivity index (χ4n) is 2.89. The second kappa shape index (κ2) is 20.4. The van der Waals surface area contributed by atoms with Crippen molar-refractivity contribution < 1.29 is 73.8 Å². The van der Waals surface area contributed by atoms with Crippen molar-refractivity contribution in [3.8, 4) is 0 Å². The number of alkyl halides is 2. The van der Waals surface area contributed by atoms with Crippen LogP contribution in [0.3, 0.4) is 0 Å². The predicted octanol–water partition coefficient (Wildman–Crippen LogP) is -3.67. The van der Waals surface area contributed by atoms with Crippen LogP contribution < -0.4 is 35.3 Å². The smallest absolute Gasteiger partial charge is 0.870 e. The van der Waals surface area contributed by atoms with Crippen molar-refractivity contribution in [1.29, 1.82) is 0 Å². The molecule has 0 amide bonds. The minimum absolute atomic E-state index is 0. The standard InChI is InChI=1S/C7H11NO2.C6H9NO3.C4H6Br2O.C3H7NO.CH4O.Na.H2O/c1-5(9)7-2-8(7)6-3-10-4-6;8-6(9)5-1-7(5)4-2-10-3-4;1-3(7)4(6)2-5;4-3-1-5-2-3;1-2;;/h6-7H,2-4H2,1H3;4-5H,1-3H2,(H,8,9);4H,2H2,1H3;3H,1-2,4H2;2H,1H3;;1H2/q;;;;;+1;/p-1. The number of carbonyl (C=O) groups is 3. The van der Waals surface area contributed by atoms with Gasteiger partial charge in [-0.3, -0.25) is 24.2 Å². The van der Waals surface area contributed by atoms with E-state index in [1.165, 1.54) is 0 Å². The number of ether oxygens (including phenoxy) is 3. The number of aliphatic hydroxyl groups excluding tert-OH is 1. The molecule has 12 nitrogen and oxygen atoms in total. The van der Waals surface area contributed by atoms with Crippen LogP contribution in [0.1, 0.15) is 13.8 Å². The molecule has 5 aliphatic heterocycles. The van der Waals surface area contributed by atoms with Gasteiger partial charge in [-0.2, -0.15) is 0 Å². The summed E-state index contributed by atoms with van der Waals surface area (Å²) in [6.07, 6.45) is 0. The van der Waals surface area contributed by atoms with Gasteiger partial charge in [-0.1, -0.05) is 31.9 Å². The molecule has 0 aromatic rings. The number of carbonyl (C=O) groups excluding carboxylic acids is 2. The Hall–Kier alpha value is 0.450. The number of hydrogen-bond acceptors (Lipinski definition) is 11. The summed E-state index contributed by atoms with van der Waals surface area (Å²) >= 11 is 6.29. The molecule has 5 fully saturated rings. The van der Waals surface area contributed by atoms with Gasteiger partial charge in [0.1, 0.15) is 17.6 Å². The SMILES string of the molecule is CC(=O)C(Br)CBr.CC(=O)C1CN1C1COC1.CO.NC1COC1.O=C(O)C1CN1C1COC1.[Na+].[OH-]. The number of aliphatic carboxylic acids is 1. The molecule has 0 radical (unpaired) electrons. The Morgan fingerprint density at radius 2 is 1.28 bits per heavy atom. The van der Waals surface area contributed by atoms with Gasteiger partial charge in [0, 0.05) is 25.5 Å². The molecule has 15 heteroatoms.